The smallest absolute Gasteiger partial charge is 0.331 e. The van der Waals surface area contributed by atoms with Gasteiger partial charge in [-0.1, -0.05) is 0 Å². The zero-order valence-electron chi connectivity index (χ0n) is 15.8. The highest BCUT2D eigenvalue weighted by Gasteiger charge is 2.41. The van der Waals surface area contributed by atoms with Crippen molar-refractivity contribution in [1.29, 1.82) is 0 Å². The molecule has 0 saturated carbocycles. The number of ether oxygens (including phenoxy) is 3. The van der Waals surface area contributed by atoms with Gasteiger partial charge in [0.05, 0.1) is 32.4 Å². The normalized spacial score (nSPS) is 18.7. The van der Waals surface area contributed by atoms with Crippen LogP contribution in [0.3, 0.4) is 0 Å². The monoisotopic (exact) mass is 380 g/mol. The summed E-state index contributed by atoms with van der Waals surface area (Å²) in [7, 11) is 4.35. The second kappa shape index (κ2) is 8.26. The van der Waals surface area contributed by atoms with Gasteiger partial charge in [-0.15, -0.1) is 0 Å². The summed E-state index contributed by atoms with van der Waals surface area (Å²) >= 11 is 0. The summed E-state index contributed by atoms with van der Waals surface area (Å²) in [6.45, 7) is 1.29. The van der Waals surface area contributed by atoms with Crippen LogP contribution in [0.15, 0.2) is 18.2 Å². The molecule has 2 amide bonds. The Hall–Kier alpha value is -2.81. The molecule has 2 unspecified atom stereocenters. The quantitative estimate of drug-likeness (QED) is 0.681. The fourth-order valence-corrected chi connectivity index (χ4v) is 2.94. The predicted molar refractivity (Wildman–Crippen MR) is 96.1 cm³/mol. The second-order valence-corrected chi connectivity index (χ2v) is 6.50. The van der Waals surface area contributed by atoms with Crippen LogP contribution in [0.25, 0.3) is 0 Å². The first-order valence-corrected chi connectivity index (χ1v) is 8.32. The lowest BCUT2D eigenvalue weighted by molar-refractivity contribution is -0.149. The molecule has 1 fully saturated rings. The van der Waals surface area contributed by atoms with Crippen molar-refractivity contribution in [1.82, 2.24) is 5.32 Å². The van der Waals surface area contributed by atoms with E-state index in [0.29, 0.717) is 17.2 Å². The molecule has 0 spiro atoms. The molecule has 2 rings (SSSR count). The van der Waals surface area contributed by atoms with E-state index in [1.54, 1.807) is 18.2 Å². The molecular formula is C18H24N2O7. The highest BCUT2D eigenvalue weighted by Crippen LogP contribution is 2.35. The van der Waals surface area contributed by atoms with Gasteiger partial charge in [-0.25, -0.2) is 4.79 Å². The van der Waals surface area contributed by atoms with E-state index < -0.39 is 23.3 Å². The molecule has 0 bridgehead atoms. The van der Waals surface area contributed by atoms with E-state index in [1.807, 2.05) is 0 Å². The number of carboxylic acid groups (broad SMARTS) is 1. The molecular weight excluding hydrogens is 356 g/mol. The van der Waals surface area contributed by atoms with Crippen LogP contribution in [-0.2, 0) is 19.1 Å². The van der Waals surface area contributed by atoms with Gasteiger partial charge in [-0.3, -0.25) is 9.59 Å². The summed E-state index contributed by atoms with van der Waals surface area (Å²) in [4.78, 5) is 37.9. The van der Waals surface area contributed by atoms with E-state index >= 15 is 0 Å². The van der Waals surface area contributed by atoms with E-state index in [9.17, 15) is 19.5 Å². The van der Waals surface area contributed by atoms with Gasteiger partial charge in [0.2, 0.25) is 11.8 Å². The van der Waals surface area contributed by atoms with Crippen LogP contribution in [0.5, 0.6) is 11.5 Å². The first-order chi connectivity index (χ1) is 12.8. The molecule has 1 aliphatic heterocycles. The number of carbonyl (C=O) groups excluding carboxylic acids is 2. The lowest BCUT2D eigenvalue weighted by Crippen LogP contribution is -2.56. The average Bonchev–Trinajstić information content (AvgIpc) is 3.02. The van der Waals surface area contributed by atoms with Crippen LogP contribution in [0.1, 0.15) is 13.3 Å². The molecule has 1 heterocycles. The fourth-order valence-electron chi connectivity index (χ4n) is 2.94. The minimum absolute atomic E-state index is 0.0241. The SMILES string of the molecule is COCC(C)(NC(=O)C1CC(=O)N(c2ccc(OC)cc2OC)C1)C(=O)O. The van der Waals surface area contributed by atoms with Crippen molar-refractivity contribution in [2.75, 3.05) is 39.4 Å². The van der Waals surface area contributed by atoms with Gasteiger partial charge in [0.25, 0.3) is 0 Å². The van der Waals surface area contributed by atoms with Crippen molar-refractivity contribution >= 4 is 23.5 Å². The number of methoxy groups -OCH3 is 3. The number of rotatable bonds is 8. The summed E-state index contributed by atoms with van der Waals surface area (Å²) in [6.07, 6.45) is -0.0241. The first-order valence-electron chi connectivity index (χ1n) is 8.32. The number of nitrogens with one attached hydrogen (secondary N) is 1. The lowest BCUT2D eigenvalue weighted by atomic mass is 10.0. The Morgan fingerprint density at radius 2 is 2.00 bits per heavy atom. The number of hydrogen-bond acceptors (Lipinski definition) is 6. The average molecular weight is 380 g/mol. The van der Waals surface area contributed by atoms with E-state index in [4.69, 9.17) is 14.2 Å². The van der Waals surface area contributed by atoms with Crippen molar-refractivity contribution in [2.24, 2.45) is 5.92 Å². The Balaban J connectivity index is 2.17. The predicted octanol–water partition coefficient (Wildman–Crippen LogP) is 0.663. The topological polar surface area (TPSA) is 114 Å². The largest absolute Gasteiger partial charge is 0.497 e. The van der Waals surface area contributed by atoms with Crippen LogP contribution >= 0.6 is 0 Å². The molecule has 9 heteroatoms. The molecule has 1 aromatic carbocycles. The second-order valence-electron chi connectivity index (χ2n) is 6.50. The van der Waals surface area contributed by atoms with Crippen molar-refractivity contribution in [3.05, 3.63) is 18.2 Å². The summed E-state index contributed by atoms with van der Waals surface area (Å²) < 4.78 is 15.4. The maximum absolute atomic E-state index is 12.6. The number of carboxylic acids is 1. The summed E-state index contributed by atoms with van der Waals surface area (Å²) in [6, 6.07) is 5.02. The Morgan fingerprint density at radius 3 is 2.56 bits per heavy atom. The molecule has 0 aromatic heterocycles. The third kappa shape index (κ3) is 4.30. The molecule has 2 N–H and O–H groups in total. The number of aliphatic carboxylic acids is 1. The van der Waals surface area contributed by atoms with Gasteiger partial charge in [0.1, 0.15) is 11.5 Å². The van der Waals surface area contributed by atoms with E-state index in [2.05, 4.69) is 5.32 Å². The van der Waals surface area contributed by atoms with Gasteiger partial charge in [0, 0.05) is 26.1 Å². The zero-order valence-corrected chi connectivity index (χ0v) is 15.8. The molecule has 2 atom stereocenters. The first kappa shape index (κ1) is 20.5. The minimum Gasteiger partial charge on any atom is -0.497 e. The molecule has 0 aliphatic carbocycles. The van der Waals surface area contributed by atoms with E-state index in [1.165, 1.54) is 33.2 Å². The minimum atomic E-state index is -1.57. The molecule has 1 saturated heterocycles. The molecule has 9 nitrogen and oxygen atoms in total. The van der Waals surface area contributed by atoms with Gasteiger partial charge < -0.3 is 29.5 Å². The Kier molecular flexibility index (Phi) is 6.27. The van der Waals surface area contributed by atoms with Gasteiger partial charge in [0.15, 0.2) is 5.54 Å². The fraction of sp³-hybridized carbons (Fsp3) is 0.500. The lowest BCUT2D eigenvalue weighted by Gasteiger charge is -2.27. The van der Waals surface area contributed by atoms with Crippen LogP contribution < -0.4 is 19.7 Å². The number of nitrogens with zero attached hydrogens (tertiary/aromatic N) is 1. The number of amides is 2. The maximum Gasteiger partial charge on any atom is 0.331 e. The van der Waals surface area contributed by atoms with Crippen molar-refractivity contribution < 1.29 is 33.7 Å². The Labute approximate surface area is 157 Å². The standard InChI is InChI=1S/C18H24N2O7/c1-18(10-25-2,17(23)24)19-16(22)11-7-15(21)20(9-11)13-6-5-12(26-3)8-14(13)27-4/h5-6,8,11H,7,9-10H2,1-4H3,(H,19,22)(H,23,24). The summed E-state index contributed by atoms with van der Waals surface area (Å²) in [5.41, 5.74) is -1.04. The highest BCUT2D eigenvalue weighted by atomic mass is 16.5. The molecule has 1 aromatic rings. The number of benzene rings is 1. The van der Waals surface area contributed by atoms with Gasteiger partial charge in [-0.05, 0) is 19.1 Å². The van der Waals surface area contributed by atoms with Crippen molar-refractivity contribution in [2.45, 2.75) is 18.9 Å². The van der Waals surface area contributed by atoms with Crippen molar-refractivity contribution in [3.8, 4) is 11.5 Å². The molecule has 1 aliphatic rings. The van der Waals surface area contributed by atoms with Crippen LogP contribution in [-0.4, -0.2) is 62.9 Å². The van der Waals surface area contributed by atoms with Crippen molar-refractivity contribution in [3.63, 3.8) is 0 Å². The molecule has 148 valence electrons. The number of hydrogen-bond donors (Lipinski definition) is 2. The number of anilines is 1. The van der Waals surface area contributed by atoms with E-state index in [-0.39, 0.29) is 25.5 Å². The van der Waals surface area contributed by atoms with Gasteiger partial charge in [-0.2, -0.15) is 0 Å². The third-order valence-corrected chi connectivity index (χ3v) is 4.48. The number of carbonyl (C=O) groups is 3. The highest BCUT2D eigenvalue weighted by molar-refractivity contribution is 6.02. The Morgan fingerprint density at radius 1 is 1.30 bits per heavy atom. The molecule has 0 radical (unpaired) electrons. The summed E-state index contributed by atoms with van der Waals surface area (Å²) in [5.74, 6) is -1.63. The summed E-state index contributed by atoms with van der Waals surface area (Å²) in [5, 5.41) is 11.8. The van der Waals surface area contributed by atoms with E-state index in [0.717, 1.165) is 0 Å². The van der Waals surface area contributed by atoms with Gasteiger partial charge >= 0.3 is 5.97 Å². The van der Waals surface area contributed by atoms with Crippen LogP contribution in [0.4, 0.5) is 5.69 Å². The Bertz CT molecular complexity index is 736. The third-order valence-electron chi connectivity index (χ3n) is 4.48. The maximum atomic E-state index is 12.6. The zero-order chi connectivity index (χ0) is 20.2. The van der Waals surface area contributed by atoms with Crippen LogP contribution in [0, 0.1) is 5.92 Å². The molecule has 27 heavy (non-hydrogen) atoms. The van der Waals surface area contributed by atoms with Crippen LogP contribution in [0.2, 0.25) is 0 Å².